The van der Waals surface area contributed by atoms with Crippen LogP contribution in [0.5, 0.6) is 5.75 Å². The van der Waals surface area contributed by atoms with E-state index in [9.17, 15) is 19.1 Å². The SMILES string of the molecule is CCCOc1ccc([C@H]2C(=C(O)c3ccc(C)c(F)c3)C(=O)C(=O)N2CCN(CC)CC)cc1. The van der Waals surface area contributed by atoms with E-state index in [4.69, 9.17) is 4.74 Å². The molecule has 1 N–H and O–H groups in total. The third-order valence-electron chi connectivity index (χ3n) is 6.21. The smallest absolute Gasteiger partial charge is 0.295 e. The molecule has 0 saturated carbocycles. The van der Waals surface area contributed by atoms with E-state index in [1.807, 2.05) is 20.8 Å². The fourth-order valence-corrected chi connectivity index (χ4v) is 4.11. The molecule has 1 aliphatic rings. The Morgan fingerprint density at radius 2 is 1.76 bits per heavy atom. The highest BCUT2D eigenvalue weighted by atomic mass is 19.1. The minimum atomic E-state index is -0.778. The summed E-state index contributed by atoms with van der Waals surface area (Å²) in [7, 11) is 0. The second kappa shape index (κ2) is 11.3. The Morgan fingerprint density at radius 1 is 1.09 bits per heavy atom. The minimum absolute atomic E-state index is 0.0324. The minimum Gasteiger partial charge on any atom is -0.507 e. The molecule has 7 heteroatoms. The van der Waals surface area contributed by atoms with Crippen LogP contribution in [0.1, 0.15) is 49.9 Å². The van der Waals surface area contributed by atoms with Gasteiger partial charge in [0, 0.05) is 18.7 Å². The van der Waals surface area contributed by atoms with Crippen molar-refractivity contribution in [1.29, 1.82) is 0 Å². The summed E-state index contributed by atoms with van der Waals surface area (Å²) < 4.78 is 19.9. The van der Waals surface area contributed by atoms with Gasteiger partial charge in [-0.15, -0.1) is 0 Å². The number of hydrogen-bond acceptors (Lipinski definition) is 5. The molecule has 6 nitrogen and oxygen atoms in total. The molecule has 0 unspecified atom stereocenters. The van der Waals surface area contributed by atoms with Gasteiger partial charge < -0.3 is 19.6 Å². The van der Waals surface area contributed by atoms with E-state index in [1.54, 1.807) is 37.3 Å². The molecule has 0 spiro atoms. The van der Waals surface area contributed by atoms with Crippen LogP contribution in [0.4, 0.5) is 4.39 Å². The van der Waals surface area contributed by atoms with Crippen molar-refractivity contribution in [3.63, 3.8) is 0 Å². The third-order valence-corrected chi connectivity index (χ3v) is 6.21. The van der Waals surface area contributed by atoms with Crippen molar-refractivity contribution in [2.24, 2.45) is 0 Å². The van der Waals surface area contributed by atoms with Gasteiger partial charge >= 0.3 is 0 Å². The summed E-state index contributed by atoms with van der Waals surface area (Å²) in [5, 5.41) is 11.1. The quantitative estimate of drug-likeness (QED) is 0.311. The van der Waals surface area contributed by atoms with Crippen molar-refractivity contribution in [2.75, 3.05) is 32.8 Å². The second-order valence-electron chi connectivity index (χ2n) is 8.40. The van der Waals surface area contributed by atoms with Crippen LogP contribution in [0.15, 0.2) is 48.0 Å². The number of carbonyl (C=O) groups excluding carboxylic acids is 2. The third kappa shape index (κ3) is 5.30. The van der Waals surface area contributed by atoms with Crippen molar-refractivity contribution in [3.8, 4) is 5.75 Å². The number of hydrogen-bond donors (Lipinski definition) is 1. The van der Waals surface area contributed by atoms with Gasteiger partial charge in [0.05, 0.1) is 18.2 Å². The number of ketones is 1. The summed E-state index contributed by atoms with van der Waals surface area (Å²) >= 11 is 0. The number of nitrogens with zero attached hydrogens (tertiary/aromatic N) is 2. The van der Waals surface area contributed by atoms with Crippen molar-refractivity contribution < 1.29 is 23.8 Å². The Morgan fingerprint density at radius 3 is 2.35 bits per heavy atom. The number of Topliss-reactive ketones (excluding diaryl/α,β-unsaturated/α-hetero) is 1. The summed E-state index contributed by atoms with van der Waals surface area (Å²) in [5.41, 5.74) is 1.24. The van der Waals surface area contributed by atoms with Gasteiger partial charge in [0.25, 0.3) is 11.7 Å². The molecule has 1 heterocycles. The van der Waals surface area contributed by atoms with Gasteiger partial charge in [0.1, 0.15) is 17.3 Å². The number of likely N-dealkylation sites (N-methyl/N-ethyl adjacent to an activating group) is 1. The lowest BCUT2D eigenvalue weighted by atomic mass is 9.95. The lowest BCUT2D eigenvalue weighted by molar-refractivity contribution is -0.140. The van der Waals surface area contributed by atoms with E-state index in [0.717, 1.165) is 19.5 Å². The summed E-state index contributed by atoms with van der Waals surface area (Å²) in [6, 6.07) is 10.7. The van der Waals surface area contributed by atoms with Crippen molar-refractivity contribution in [3.05, 3.63) is 70.5 Å². The van der Waals surface area contributed by atoms with Crippen molar-refractivity contribution >= 4 is 17.4 Å². The predicted octanol–water partition coefficient (Wildman–Crippen LogP) is 4.69. The first kappa shape index (κ1) is 25.4. The Kier molecular flexibility index (Phi) is 8.45. The first-order valence-electron chi connectivity index (χ1n) is 11.8. The summed E-state index contributed by atoms with van der Waals surface area (Å²) in [4.78, 5) is 29.8. The van der Waals surface area contributed by atoms with E-state index in [2.05, 4.69) is 4.90 Å². The van der Waals surface area contributed by atoms with E-state index < -0.39 is 23.5 Å². The number of aliphatic hydroxyl groups is 1. The molecule has 1 amide bonds. The molecule has 2 aromatic rings. The molecule has 34 heavy (non-hydrogen) atoms. The maximum Gasteiger partial charge on any atom is 0.295 e. The summed E-state index contributed by atoms with van der Waals surface area (Å²) in [6.45, 7) is 10.8. The maximum absolute atomic E-state index is 14.2. The van der Waals surface area contributed by atoms with Crippen molar-refractivity contribution in [2.45, 2.75) is 40.2 Å². The van der Waals surface area contributed by atoms with Crippen LogP contribution < -0.4 is 4.74 Å². The number of amides is 1. The average Bonchev–Trinajstić information content (AvgIpc) is 3.10. The summed E-state index contributed by atoms with van der Waals surface area (Å²) in [5.74, 6) is -1.62. The van der Waals surface area contributed by atoms with Gasteiger partial charge in [-0.2, -0.15) is 0 Å². The van der Waals surface area contributed by atoms with Gasteiger partial charge in [0.15, 0.2) is 0 Å². The number of aliphatic hydroxyl groups excluding tert-OH is 1. The van der Waals surface area contributed by atoms with Crippen LogP contribution >= 0.6 is 0 Å². The molecule has 182 valence electrons. The molecule has 2 aromatic carbocycles. The van der Waals surface area contributed by atoms with Crippen molar-refractivity contribution in [1.82, 2.24) is 9.80 Å². The maximum atomic E-state index is 14.2. The molecule has 1 atom stereocenters. The number of carbonyl (C=O) groups is 2. The fourth-order valence-electron chi connectivity index (χ4n) is 4.11. The van der Waals surface area contributed by atoms with Crippen LogP contribution in [-0.4, -0.2) is 59.4 Å². The highest BCUT2D eigenvalue weighted by Crippen LogP contribution is 2.39. The number of halogens is 1. The fraction of sp³-hybridized carbons (Fsp3) is 0.407. The van der Waals surface area contributed by atoms with Crippen LogP contribution in [0.25, 0.3) is 5.76 Å². The van der Waals surface area contributed by atoms with Gasteiger partial charge in [0.2, 0.25) is 0 Å². The zero-order valence-electron chi connectivity index (χ0n) is 20.3. The molecular weight excluding hydrogens is 435 g/mol. The first-order valence-corrected chi connectivity index (χ1v) is 11.8. The van der Waals surface area contributed by atoms with E-state index in [0.29, 0.717) is 36.6 Å². The number of likely N-dealkylation sites (tertiary alicyclic amines) is 1. The topological polar surface area (TPSA) is 70.1 Å². The lowest BCUT2D eigenvalue weighted by Crippen LogP contribution is -2.38. The van der Waals surface area contributed by atoms with Gasteiger partial charge in [-0.25, -0.2) is 4.39 Å². The molecule has 1 saturated heterocycles. The van der Waals surface area contributed by atoms with Crippen LogP contribution in [0.3, 0.4) is 0 Å². The molecule has 0 radical (unpaired) electrons. The van der Waals surface area contributed by atoms with E-state index in [1.165, 1.54) is 17.0 Å². The molecule has 3 rings (SSSR count). The number of aryl methyl sites for hydroxylation is 1. The van der Waals surface area contributed by atoms with Crippen LogP contribution in [-0.2, 0) is 9.59 Å². The lowest BCUT2D eigenvalue weighted by Gasteiger charge is -2.28. The zero-order valence-corrected chi connectivity index (χ0v) is 20.3. The molecule has 0 bridgehead atoms. The van der Waals surface area contributed by atoms with Gasteiger partial charge in [-0.05, 0) is 55.8 Å². The standard InChI is InChI=1S/C27H33FN2O4/c1-5-16-34-21-12-10-19(11-13-21)24-23(25(31)20-9-8-18(4)22(28)17-20)26(32)27(33)30(24)15-14-29(6-2)7-3/h8-13,17,24,31H,5-7,14-16H2,1-4H3/t24-/m0/s1. The predicted molar refractivity (Wildman–Crippen MR) is 130 cm³/mol. The number of benzene rings is 2. The molecule has 0 aliphatic carbocycles. The Bertz CT molecular complexity index is 1060. The normalized spacial score (nSPS) is 17.6. The van der Waals surface area contributed by atoms with E-state index >= 15 is 0 Å². The van der Waals surface area contributed by atoms with Gasteiger partial charge in [-0.3, -0.25) is 9.59 Å². The highest BCUT2D eigenvalue weighted by Gasteiger charge is 2.46. The van der Waals surface area contributed by atoms with Crippen LogP contribution in [0, 0.1) is 12.7 Å². The average molecular weight is 469 g/mol. The van der Waals surface area contributed by atoms with E-state index in [-0.39, 0.29) is 16.9 Å². The molecular formula is C27H33FN2O4. The first-order chi connectivity index (χ1) is 16.3. The number of ether oxygens (including phenoxy) is 1. The molecule has 1 aliphatic heterocycles. The Labute approximate surface area is 200 Å². The monoisotopic (exact) mass is 468 g/mol. The highest BCUT2D eigenvalue weighted by molar-refractivity contribution is 6.46. The zero-order chi connectivity index (χ0) is 24.8. The van der Waals surface area contributed by atoms with Gasteiger partial charge in [-0.1, -0.05) is 45.0 Å². The van der Waals surface area contributed by atoms with Crippen LogP contribution in [0.2, 0.25) is 0 Å². The number of rotatable bonds is 10. The molecule has 1 fully saturated rings. The largest absolute Gasteiger partial charge is 0.507 e. The second-order valence-corrected chi connectivity index (χ2v) is 8.40. The Hall–Kier alpha value is -3.19. The summed E-state index contributed by atoms with van der Waals surface area (Å²) in [6.07, 6.45) is 0.875. The Balaban J connectivity index is 2.07. The molecule has 0 aromatic heterocycles.